The summed E-state index contributed by atoms with van der Waals surface area (Å²) in [7, 11) is 1.56. The molecule has 1 amide bonds. The summed E-state index contributed by atoms with van der Waals surface area (Å²) < 4.78 is 6.04. The Morgan fingerprint density at radius 2 is 2.24 bits per heavy atom. The zero-order valence-electron chi connectivity index (χ0n) is 9.43. The molecule has 2 aromatic rings. The van der Waals surface area contributed by atoms with Gasteiger partial charge in [-0.15, -0.1) is 0 Å². The number of carbonyl (C=O) groups excluding carboxylic acids is 1. The van der Waals surface area contributed by atoms with Gasteiger partial charge in [-0.05, 0) is 19.1 Å². The average molecular weight is 233 g/mol. The van der Waals surface area contributed by atoms with E-state index in [0.717, 1.165) is 0 Å². The first-order chi connectivity index (χ1) is 8.09. The molecule has 2 aromatic heterocycles. The summed E-state index contributed by atoms with van der Waals surface area (Å²) in [6.45, 7) is 1.64. The molecule has 88 valence electrons. The van der Waals surface area contributed by atoms with Crippen molar-refractivity contribution in [3.05, 3.63) is 46.1 Å². The van der Waals surface area contributed by atoms with Gasteiger partial charge in [-0.2, -0.15) is 0 Å². The number of aromatic nitrogens is 2. The maximum absolute atomic E-state index is 11.8. The largest absolute Gasteiger partial charge is 0.370 e. The highest BCUT2D eigenvalue weighted by molar-refractivity contribution is 6.04. The van der Waals surface area contributed by atoms with E-state index in [-0.39, 0.29) is 5.56 Å². The molecular weight excluding hydrogens is 222 g/mol. The summed E-state index contributed by atoms with van der Waals surface area (Å²) in [6.07, 6.45) is 1.55. The highest BCUT2D eigenvalue weighted by atomic mass is 16.5. The number of pyridine rings is 1. The molecule has 0 unspecified atom stereocenters. The van der Waals surface area contributed by atoms with Crippen molar-refractivity contribution in [1.82, 2.24) is 9.72 Å². The van der Waals surface area contributed by atoms with Gasteiger partial charge in [0.05, 0.1) is 5.69 Å². The van der Waals surface area contributed by atoms with Gasteiger partial charge in [0.15, 0.2) is 0 Å². The van der Waals surface area contributed by atoms with Crippen LogP contribution in [0.4, 0.5) is 5.82 Å². The number of hydrogen-bond acceptors (Lipinski definition) is 4. The summed E-state index contributed by atoms with van der Waals surface area (Å²) in [5, 5.41) is 2.53. The van der Waals surface area contributed by atoms with Gasteiger partial charge in [0, 0.05) is 13.2 Å². The molecular formula is C11H11N3O3. The highest BCUT2D eigenvalue weighted by Gasteiger charge is 2.19. The van der Waals surface area contributed by atoms with Crippen LogP contribution in [0.1, 0.15) is 16.1 Å². The van der Waals surface area contributed by atoms with E-state index in [0.29, 0.717) is 11.5 Å². The third-order valence-electron chi connectivity index (χ3n) is 2.39. The first-order valence-corrected chi connectivity index (χ1v) is 4.99. The fourth-order valence-electron chi connectivity index (χ4n) is 1.42. The highest BCUT2D eigenvalue weighted by Crippen LogP contribution is 2.06. The number of nitrogens with zero attached hydrogens (tertiary/aromatic N) is 2. The second kappa shape index (κ2) is 4.25. The van der Waals surface area contributed by atoms with Crippen molar-refractivity contribution >= 4 is 11.7 Å². The Morgan fingerprint density at radius 3 is 2.76 bits per heavy atom. The Hall–Kier alpha value is -2.37. The van der Waals surface area contributed by atoms with Crippen molar-refractivity contribution in [1.29, 1.82) is 0 Å². The lowest BCUT2D eigenvalue weighted by atomic mass is 10.2. The Balaban J connectivity index is 2.30. The molecule has 2 rings (SSSR count). The van der Waals surface area contributed by atoms with E-state index in [4.69, 9.17) is 4.52 Å². The average Bonchev–Trinajstić information content (AvgIpc) is 2.54. The van der Waals surface area contributed by atoms with Crippen molar-refractivity contribution in [3.63, 3.8) is 0 Å². The molecule has 0 aliphatic carbocycles. The first-order valence-electron chi connectivity index (χ1n) is 4.99. The minimum Gasteiger partial charge on any atom is -0.336 e. The molecule has 0 saturated heterocycles. The van der Waals surface area contributed by atoms with E-state index in [1.54, 1.807) is 38.4 Å². The maximum Gasteiger partial charge on any atom is 0.370 e. The van der Waals surface area contributed by atoms with Crippen LogP contribution >= 0.6 is 0 Å². The van der Waals surface area contributed by atoms with Crippen LogP contribution in [0.2, 0.25) is 0 Å². The first kappa shape index (κ1) is 11.1. The Bertz CT molecular complexity index is 598. The number of anilines is 1. The standard InChI is InChI=1S/C11H11N3O3/c1-7-9(11(16)17-14(7)2)10(15)13-8-5-3-4-6-12-8/h3-6H,1-2H3,(H,12,13,15). The summed E-state index contributed by atoms with van der Waals surface area (Å²) in [6, 6.07) is 5.11. The molecule has 0 aromatic carbocycles. The molecule has 0 saturated carbocycles. The molecule has 0 bridgehead atoms. The molecule has 1 N–H and O–H groups in total. The number of carbonyl (C=O) groups is 1. The number of rotatable bonds is 2. The zero-order chi connectivity index (χ0) is 12.4. The quantitative estimate of drug-likeness (QED) is 0.837. The second-order valence-corrected chi connectivity index (χ2v) is 3.51. The van der Waals surface area contributed by atoms with Crippen molar-refractivity contribution in [2.75, 3.05) is 5.32 Å². The molecule has 6 nitrogen and oxygen atoms in total. The SMILES string of the molecule is Cc1c(C(=O)Nc2ccccn2)c(=O)on1C. The monoisotopic (exact) mass is 233 g/mol. The summed E-state index contributed by atoms with van der Waals surface area (Å²) >= 11 is 0. The van der Waals surface area contributed by atoms with Crippen molar-refractivity contribution in [2.45, 2.75) is 6.92 Å². The topological polar surface area (TPSA) is 77.1 Å². The second-order valence-electron chi connectivity index (χ2n) is 3.51. The minimum atomic E-state index is -0.654. The third-order valence-corrected chi connectivity index (χ3v) is 2.39. The van der Waals surface area contributed by atoms with Crippen molar-refractivity contribution < 1.29 is 9.32 Å². The van der Waals surface area contributed by atoms with E-state index in [1.165, 1.54) is 4.74 Å². The lowest BCUT2D eigenvalue weighted by Crippen LogP contribution is -2.19. The van der Waals surface area contributed by atoms with Crippen LogP contribution < -0.4 is 10.9 Å². The van der Waals surface area contributed by atoms with E-state index < -0.39 is 11.5 Å². The third kappa shape index (κ3) is 2.10. The fourth-order valence-corrected chi connectivity index (χ4v) is 1.42. The smallest absolute Gasteiger partial charge is 0.336 e. The number of nitrogens with one attached hydrogen (secondary N) is 1. The van der Waals surface area contributed by atoms with Crippen LogP contribution in [-0.4, -0.2) is 15.6 Å². The Morgan fingerprint density at radius 1 is 1.47 bits per heavy atom. The number of aryl methyl sites for hydroxylation is 1. The van der Waals surface area contributed by atoms with Gasteiger partial charge in [0.2, 0.25) is 0 Å². The van der Waals surface area contributed by atoms with Crippen LogP contribution in [-0.2, 0) is 7.05 Å². The van der Waals surface area contributed by atoms with Gasteiger partial charge in [0.25, 0.3) is 5.91 Å². The predicted molar refractivity (Wildman–Crippen MR) is 60.9 cm³/mol. The van der Waals surface area contributed by atoms with E-state index >= 15 is 0 Å². The molecule has 2 heterocycles. The van der Waals surface area contributed by atoms with E-state index in [9.17, 15) is 9.59 Å². The molecule has 0 aliphatic rings. The van der Waals surface area contributed by atoms with Crippen LogP contribution in [0.3, 0.4) is 0 Å². The lowest BCUT2D eigenvalue weighted by Gasteiger charge is -2.01. The van der Waals surface area contributed by atoms with Gasteiger partial charge in [-0.1, -0.05) is 6.07 Å². The number of amides is 1. The molecule has 0 spiro atoms. The van der Waals surface area contributed by atoms with Crippen LogP contribution in [0.5, 0.6) is 0 Å². The molecule has 0 aliphatic heterocycles. The van der Waals surface area contributed by atoms with Crippen LogP contribution in [0, 0.1) is 6.92 Å². The maximum atomic E-state index is 11.8. The normalized spacial score (nSPS) is 10.2. The molecule has 17 heavy (non-hydrogen) atoms. The van der Waals surface area contributed by atoms with Crippen molar-refractivity contribution in [2.24, 2.45) is 7.05 Å². The van der Waals surface area contributed by atoms with E-state index in [1.807, 2.05) is 0 Å². The minimum absolute atomic E-state index is 0.00171. The molecule has 0 atom stereocenters. The van der Waals surface area contributed by atoms with Crippen LogP contribution in [0.25, 0.3) is 0 Å². The van der Waals surface area contributed by atoms with Gasteiger partial charge in [-0.3, -0.25) is 4.79 Å². The Kier molecular flexibility index (Phi) is 2.78. The molecule has 6 heteroatoms. The Labute approximate surface area is 96.9 Å². The predicted octanol–water partition coefficient (Wildman–Crippen LogP) is 0.934. The van der Waals surface area contributed by atoms with E-state index in [2.05, 4.69) is 10.3 Å². The number of hydrogen-bond donors (Lipinski definition) is 1. The summed E-state index contributed by atoms with van der Waals surface area (Å²) in [4.78, 5) is 27.2. The zero-order valence-corrected chi connectivity index (χ0v) is 9.43. The van der Waals surface area contributed by atoms with Crippen LogP contribution in [0.15, 0.2) is 33.7 Å². The van der Waals surface area contributed by atoms with Crippen molar-refractivity contribution in [3.8, 4) is 0 Å². The van der Waals surface area contributed by atoms with Gasteiger partial charge in [0.1, 0.15) is 11.4 Å². The summed E-state index contributed by atoms with van der Waals surface area (Å²) in [5.74, 6) is -0.129. The molecule has 0 radical (unpaired) electrons. The summed E-state index contributed by atoms with van der Waals surface area (Å²) in [5.41, 5.74) is -0.181. The van der Waals surface area contributed by atoms with Gasteiger partial charge >= 0.3 is 5.63 Å². The molecule has 0 fully saturated rings. The van der Waals surface area contributed by atoms with Gasteiger partial charge < -0.3 is 9.84 Å². The fraction of sp³-hybridized carbons (Fsp3) is 0.182. The lowest BCUT2D eigenvalue weighted by molar-refractivity contribution is 0.102. The van der Waals surface area contributed by atoms with Gasteiger partial charge in [-0.25, -0.2) is 14.5 Å².